The van der Waals surface area contributed by atoms with Crippen molar-refractivity contribution in [3.05, 3.63) is 0 Å². The molecule has 3 heteroatoms. The fraction of sp³-hybridized carbons (Fsp3) is 0.929. The molecule has 98 valence electrons. The Morgan fingerprint density at radius 1 is 1.12 bits per heavy atom. The SMILES string of the molecule is O=C1CCCCC1CN1CCCCCC1CO. The van der Waals surface area contributed by atoms with Crippen LogP contribution in [0, 0.1) is 5.92 Å². The van der Waals surface area contributed by atoms with Crippen molar-refractivity contribution in [3.63, 3.8) is 0 Å². The third kappa shape index (κ3) is 3.52. The molecule has 0 spiro atoms. The summed E-state index contributed by atoms with van der Waals surface area (Å²) < 4.78 is 0. The lowest BCUT2D eigenvalue weighted by Gasteiger charge is -2.32. The van der Waals surface area contributed by atoms with Crippen molar-refractivity contribution < 1.29 is 9.90 Å². The molecule has 0 bridgehead atoms. The molecule has 2 fully saturated rings. The number of hydrogen-bond donors (Lipinski definition) is 1. The van der Waals surface area contributed by atoms with Crippen molar-refractivity contribution in [1.29, 1.82) is 0 Å². The molecule has 0 aromatic heterocycles. The van der Waals surface area contributed by atoms with Crippen LogP contribution in [0.3, 0.4) is 0 Å². The van der Waals surface area contributed by atoms with Gasteiger partial charge in [-0.15, -0.1) is 0 Å². The number of carbonyl (C=O) groups is 1. The molecule has 1 saturated carbocycles. The van der Waals surface area contributed by atoms with E-state index in [4.69, 9.17) is 0 Å². The van der Waals surface area contributed by atoms with Crippen LogP contribution in [-0.2, 0) is 4.79 Å². The summed E-state index contributed by atoms with van der Waals surface area (Å²) in [5, 5.41) is 9.46. The van der Waals surface area contributed by atoms with E-state index in [0.717, 1.165) is 38.8 Å². The molecule has 1 heterocycles. The third-order valence-electron chi connectivity index (χ3n) is 4.35. The number of likely N-dealkylation sites (tertiary alicyclic amines) is 1. The predicted octanol–water partition coefficient (Wildman–Crippen LogP) is 1.98. The number of Topliss-reactive ketones (excluding diaryl/α,β-unsaturated/α-hetero) is 1. The first-order valence-electron chi connectivity index (χ1n) is 7.19. The summed E-state index contributed by atoms with van der Waals surface area (Å²) in [6.45, 7) is 2.21. The highest BCUT2D eigenvalue weighted by Gasteiger charge is 2.28. The van der Waals surface area contributed by atoms with Gasteiger partial charge >= 0.3 is 0 Å². The number of ketones is 1. The molecule has 2 rings (SSSR count). The highest BCUT2D eigenvalue weighted by molar-refractivity contribution is 5.81. The highest BCUT2D eigenvalue weighted by Crippen LogP contribution is 2.24. The van der Waals surface area contributed by atoms with Gasteiger partial charge < -0.3 is 5.11 Å². The number of carbonyl (C=O) groups excluding carboxylic acids is 1. The Bertz CT molecular complexity index is 255. The van der Waals surface area contributed by atoms with E-state index in [1.165, 1.54) is 25.7 Å². The van der Waals surface area contributed by atoms with Crippen LogP contribution >= 0.6 is 0 Å². The van der Waals surface area contributed by atoms with Crippen LogP contribution in [0.25, 0.3) is 0 Å². The van der Waals surface area contributed by atoms with Crippen molar-refractivity contribution in [1.82, 2.24) is 4.90 Å². The Balaban J connectivity index is 1.91. The molecule has 1 saturated heterocycles. The third-order valence-corrected chi connectivity index (χ3v) is 4.35. The van der Waals surface area contributed by atoms with Gasteiger partial charge in [0.25, 0.3) is 0 Å². The largest absolute Gasteiger partial charge is 0.395 e. The standard InChI is InChI=1S/C14H25NO2/c16-11-13-7-2-1-5-9-15(13)10-12-6-3-4-8-14(12)17/h12-13,16H,1-11H2. The number of rotatable bonds is 3. The molecule has 0 radical (unpaired) electrons. The normalized spacial score (nSPS) is 32.4. The molecular formula is C14H25NO2. The van der Waals surface area contributed by atoms with E-state index in [1.54, 1.807) is 0 Å². The average Bonchev–Trinajstić information content (AvgIpc) is 2.57. The van der Waals surface area contributed by atoms with Gasteiger partial charge in [0.1, 0.15) is 5.78 Å². The van der Waals surface area contributed by atoms with Crippen LogP contribution in [0.2, 0.25) is 0 Å². The van der Waals surface area contributed by atoms with Crippen LogP contribution < -0.4 is 0 Å². The maximum Gasteiger partial charge on any atom is 0.137 e. The minimum atomic E-state index is 0.246. The molecular weight excluding hydrogens is 214 g/mol. The van der Waals surface area contributed by atoms with E-state index in [1.807, 2.05) is 0 Å². The molecule has 17 heavy (non-hydrogen) atoms. The second-order valence-corrected chi connectivity index (χ2v) is 5.59. The van der Waals surface area contributed by atoms with Gasteiger partial charge in [-0.05, 0) is 32.2 Å². The molecule has 1 aliphatic carbocycles. The van der Waals surface area contributed by atoms with Gasteiger partial charge in [-0.1, -0.05) is 19.3 Å². The minimum absolute atomic E-state index is 0.246. The zero-order valence-electron chi connectivity index (χ0n) is 10.7. The first-order chi connectivity index (χ1) is 8.31. The van der Waals surface area contributed by atoms with Crippen molar-refractivity contribution in [2.45, 2.75) is 57.4 Å². The minimum Gasteiger partial charge on any atom is -0.395 e. The molecule has 3 nitrogen and oxygen atoms in total. The fourth-order valence-corrected chi connectivity index (χ4v) is 3.22. The lowest BCUT2D eigenvalue weighted by molar-refractivity contribution is -0.125. The second kappa shape index (κ2) is 6.50. The topological polar surface area (TPSA) is 40.5 Å². The van der Waals surface area contributed by atoms with Crippen molar-refractivity contribution in [2.75, 3.05) is 19.7 Å². The Morgan fingerprint density at radius 3 is 2.71 bits per heavy atom. The zero-order valence-corrected chi connectivity index (χ0v) is 10.7. The second-order valence-electron chi connectivity index (χ2n) is 5.59. The van der Waals surface area contributed by atoms with Crippen LogP contribution in [-0.4, -0.2) is 41.5 Å². The van der Waals surface area contributed by atoms with Gasteiger partial charge in [0.2, 0.25) is 0 Å². The number of aliphatic hydroxyl groups excluding tert-OH is 1. The van der Waals surface area contributed by atoms with Crippen LogP contribution in [0.15, 0.2) is 0 Å². The Hall–Kier alpha value is -0.410. The summed E-state index contributed by atoms with van der Waals surface area (Å²) in [4.78, 5) is 14.2. The van der Waals surface area contributed by atoms with E-state index in [2.05, 4.69) is 4.90 Å². The van der Waals surface area contributed by atoms with Gasteiger partial charge in [0.15, 0.2) is 0 Å². The highest BCUT2D eigenvalue weighted by atomic mass is 16.3. The maximum atomic E-state index is 11.9. The Labute approximate surface area is 104 Å². The predicted molar refractivity (Wildman–Crippen MR) is 67.9 cm³/mol. The summed E-state index contributed by atoms with van der Waals surface area (Å²) in [6.07, 6.45) is 8.93. The molecule has 1 aliphatic heterocycles. The van der Waals surface area contributed by atoms with E-state index >= 15 is 0 Å². The summed E-state index contributed by atoms with van der Waals surface area (Å²) >= 11 is 0. The van der Waals surface area contributed by atoms with Crippen molar-refractivity contribution in [3.8, 4) is 0 Å². The molecule has 2 atom stereocenters. The first-order valence-corrected chi connectivity index (χ1v) is 7.19. The first kappa shape index (κ1) is 13.0. The molecule has 2 unspecified atom stereocenters. The van der Waals surface area contributed by atoms with Crippen LogP contribution in [0.1, 0.15) is 51.4 Å². The van der Waals surface area contributed by atoms with Gasteiger partial charge in [-0.2, -0.15) is 0 Å². The zero-order chi connectivity index (χ0) is 12.1. The van der Waals surface area contributed by atoms with E-state index in [0.29, 0.717) is 11.8 Å². The maximum absolute atomic E-state index is 11.9. The van der Waals surface area contributed by atoms with E-state index < -0.39 is 0 Å². The molecule has 0 aromatic rings. The van der Waals surface area contributed by atoms with Crippen molar-refractivity contribution in [2.24, 2.45) is 5.92 Å². The molecule has 0 amide bonds. The summed E-state index contributed by atoms with van der Waals surface area (Å²) in [5.74, 6) is 0.702. The van der Waals surface area contributed by atoms with E-state index in [9.17, 15) is 9.90 Å². The van der Waals surface area contributed by atoms with Gasteiger partial charge in [0, 0.05) is 24.9 Å². The van der Waals surface area contributed by atoms with Crippen LogP contribution in [0.4, 0.5) is 0 Å². The smallest absolute Gasteiger partial charge is 0.137 e. The fourth-order valence-electron chi connectivity index (χ4n) is 3.22. The molecule has 0 aromatic carbocycles. The summed E-state index contributed by atoms with van der Waals surface area (Å²) in [7, 11) is 0. The quantitative estimate of drug-likeness (QED) is 0.818. The number of aliphatic hydroxyl groups is 1. The summed E-state index contributed by atoms with van der Waals surface area (Å²) in [5.41, 5.74) is 0. The lowest BCUT2D eigenvalue weighted by atomic mass is 9.87. The van der Waals surface area contributed by atoms with E-state index in [-0.39, 0.29) is 12.5 Å². The van der Waals surface area contributed by atoms with Gasteiger partial charge in [-0.3, -0.25) is 9.69 Å². The summed E-state index contributed by atoms with van der Waals surface area (Å²) in [6, 6.07) is 0.298. The Morgan fingerprint density at radius 2 is 1.94 bits per heavy atom. The molecule has 1 N–H and O–H groups in total. The lowest BCUT2D eigenvalue weighted by Crippen LogP contribution is -2.42. The monoisotopic (exact) mass is 239 g/mol. The van der Waals surface area contributed by atoms with Crippen molar-refractivity contribution >= 4 is 5.78 Å². The molecule has 2 aliphatic rings. The van der Waals surface area contributed by atoms with Gasteiger partial charge in [0.05, 0.1) is 6.61 Å². The number of nitrogens with zero attached hydrogens (tertiary/aromatic N) is 1. The Kier molecular flexibility index (Phi) is 4.99. The van der Waals surface area contributed by atoms with Crippen LogP contribution in [0.5, 0.6) is 0 Å². The average molecular weight is 239 g/mol. The van der Waals surface area contributed by atoms with Gasteiger partial charge in [-0.25, -0.2) is 0 Å². The number of hydrogen-bond acceptors (Lipinski definition) is 3.